The number of hydrogen-bond donors (Lipinski definition) is 8. The zero-order valence-electron chi connectivity index (χ0n) is 15.3. The molecule has 3 heterocycles. The Bertz CT molecular complexity index is 1210. The van der Waals surface area contributed by atoms with Crippen LogP contribution in [-0.4, -0.2) is 74.2 Å². The number of aliphatic hydroxyl groups excluding tert-OH is 2. The zero-order chi connectivity index (χ0) is 24.1. The Morgan fingerprint density at radius 3 is 2.41 bits per heavy atom. The van der Waals surface area contributed by atoms with Gasteiger partial charge in [0.05, 0.1) is 12.9 Å². The fourth-order valence-corrected chi connectivity index (χ4v) is 5.73. The van der Waals surface area contributed by atoms with Crippen molar-refractivity contribution in [1.29, 1.82) is 0 Å². The first kappa shape index (κ1) is 25.1. The molecule has 0 saturated carbocycles. The van der Waals surface area contributed by atoms with Gasteiger partial charge in [-0.3, -0.25) is 18.9 Å². The smallest absolute Gasteiger partial charge is 0.387 e. The van der Waals surface area contributed by atoms with Crippen molar-refractivity contribution in [1.82, 2.24) is 19.5 Å². The minimum absolute atomic E-state index is 0.115. The molecule has 3 unspecified atom stereocenters. The van der Waals surface area contributed by atoms with Gasteiger partial charge in [0, 0.05) is 0 Å². The molecule has 19 nitrogen and oxygen atoms in total. The van der Waals surface area contributed by atoms with Crippen LogP contribution in [0.3, 0.4) is 0 Å². The van der Waals surface area contributed by atoms with Crippen LogP contribution in [-0.2, 0) is 31.6 Å². The monoisotopic (exact) mass is 523 g/mol. The van der Waals surface area contributed by atoms with E-state index < -0.39 is 60.2 Å². The van der Waals surface area contributed by atoms with Gasteiger partial charge in [-0.15, -0.1) is 0 Å². The summed E-state index contributed by atoms with van der Waals surface area (Å²) in [5, 5.41) is 20.4. The van der Waals surface area contributed by atoms with Gasteiger partial charge in [0.2, 0.25) is 5.95 Å². The Hall–Kier alpha value is -1.56. The third-order valence-corrected chi connectivity index (χ3v) is 7.68. The van der Waals surface area contributed by atoms with E-state index >= 15 is 0 Å². The van der Waals surface area contributed by atoms with Gasteiger partial charge in [0.15, 0.2) is 17.4 Å². The summed E-state index contributed by atoms with van der Waals surface area (Å²) in [7, 11) is -16.8. The normalized spacial score (nSPS) is 27.9. The molecule has 9 N–H and O–H groups in total. The number of phosphoric ester groups is 1. The molecule has 180 valence electrons. The topological polar surface area (TPSA) is 299 Å². The Morgan fingerprint density at radius 2 is 1.78 bits per heavy atom. The highest BCUT2D eigenvalue weighted by Crippen LogP contribution is 2.66. The number of aromatic nitrogens is 4. The summed E-state index contributed by atoms with van der Waals surface area (Å²) in [6, 6.07) is 0. The van der Waals surface area contributed by atoms with Crippen molar-refractivity contribution in [3.8, 4) is 0 Å². The lowest BCUT2D eigenvalue weighted by atomic mass is 10.1. The number of phosphoric acid groups is 3. The highest BCUT2D eigenvalue weighted by Gasteiger charge is 2.47. The van der Waals surface area contributed by atoms with Gasteiger partial charge >= 0.3 is 23.5 Å². The number of aromatic amines is 1. The number of imidazole rings is 1. The molecule has 0 aliphatic carbocycles. The number of H-pyrrole nitrogens is 1. The van der Waals surface area contributed by atoms with E-state index in [1.54, 1.807) is 0 Å². The van der Waals surface area contributed by atoms with E-state index in [0.717, 1.165) is 10.9 Å². The minimum Gasteiger partial charge on any atom is -0.387 e. The standard InChI is InChI=1S/C10H16N5O14P3/c11-10-13-7-4(8(18)14-10)12-2-15(7)9-6(17)5(16)3(27-9)1-26-31(22,23)29-32(24,25)28-30(19,20)21/h2-3,5-6,9,16-17H,1H2,(H,22,23)(H,24,25)(H2,19,20,21)(H3,11,13,14,18)/t3-,5?,6+,9-/m1/s1. The van der Waals surface area contributed by atoms with Crippen molar-refractivity contribution in [2.75, 3.05) is 12.3 Å². The number of aliphatic hydroxyl groups is 2. The van der Waals surface area contributed by atoms with E-state index in [9.17, 15) is 33.6 Å². The maximum Gasteiger partial charge on any atom is 0.490 e. The van der Waals surface area contributed by atoms with Gasteiger partial charge < -0.3 is 40.3 Å². The quantitative estimate of drug-likeness (QED) is 0.168. The van der Waals surface area contributed by atoms with Crippen LogP contribution in [0.25, 0.3) is 11.2 Å². The first-order valence-electron chi connectivity index (χ1n) is 8.11. The van der Waals surface area contributed by atoms with Crippen molar-refractivity contribution in [3.05, 3.63) is 16.7 Å². The van der Waals surface area contributed by atoms with Gasteiger partial charge in [-0.05, 0) is 0 Å². The number of nitrogens with one attached hydrogen (secondary N) is 1. The summed E-state index contributed by atoms with van der Waals surface area (Å²) in [6.07, 6.45) is -5.33. The Balaban J connectivity index is 1.72. The van der Waals surface area contributed by atoms with Crippen molar-refractivity contribution in [2.45, 2.75) is 24.5 Å². The lowest BCUT2D eigenvalue weighted by molar-refractivity contribution is -0.0503. The molecule has 1 fully saturated rings. The van der Waals surface area contributed by atoms with Crippen LogP contribution in [0.1, 0.15) is 6.23 Å². The molecule has 0 amide bonds. The van der Waals surface area contributed by atoms with Crippen molar-refractivity contribution in [3.63, 3.8) is 0 Å². The number of nitrogens with two attached hydrogens (primary N) is 1. The third kappa shape index (κ3) is 5.67. The number of rotatable bonds is 8. The first-order valence-corrected chi connectivity index (χ1v) is 12.6. The summed E-state index contributed by atoms with van der Waals surface area (Å²) in [5.74, 6) is -0.276. The predicted molar refractivity (Wildman–Crippen MR) is 98.3 cm³/mol. The summed E-state index contributed by atoms with van der Waals surface area (Å²) in [5.41, 5.74) is 4.50. The number of nitrogen functional groups attached to an aromatic ring is 1. The maximum atomic E-state index is 11.9. The van der Waals surface area contributed by atoms with Gasteiger partial charge in [-0.2, -0.15) is 13.6 Å². The zero-order valence-corrected chi connectivity index (χ0v) is 18.0. The molecular formula is C10H16N5O14P3. The van der Waals surface area contributed by atoms with Crippen LogP contribution in [0.4, 0.5) is 5.95 Å². The van der Waals surface area contributed by atoms with Crippen molar-refractivity contribution in [2.24, 2.45) is 0 Å². The van der Waals surface area contributed by atoms with E-state index in [1.165, 1.54) is 0 Å². The molecule has 3 rings (SSSR count). The second-order valence-corrected chi connectivity index (χ2v) is 10.6. The van der Waals surface area contributed by atoms with Crippen LogP contribution in [0.5, 0.6) is 0 Å². The number of fused-ring (bicyclic) bond motifs is 1. The minimum atomic E-state index is -5.73. The Labute approximate surface area is 175 Å². The van der Waals surface area contributed by atoms with Crippen LogP contribution in [0.2, 0.25) is 0 Å². The van der Waals surface area contributed by atoms with Crippen LogP contribution in [0.15, 0.2) is 11.1 Å². The third-order valence-electron chi connectivity index (χ3n) is 3.88. The average molecular weight is 523 g/mol. The molecule has 2 aromatic heterocycles. The van der Waals surface area contributed by atoms with Crippen molar-refractivity contribution >= 4 is 40.6 Å². The molecule has 1 aliphatic rings. The first-order chi connectivity index (χ1) is 14.6. The molecule has 22 heteroatoms. The number of anilines is 1. The Kier molecular flexibility index (Phi) is 6.78. The lowest BCUT2D eigenvalue weighted by Gasteiger charge is -2.19. The van der Waals surface area contributed by atoms with E-state index in [-0.39, 0.29) is 17.1 Å². The molecule has 0 bridgehead atoms. The molecule has 1 aliphatic heterocycles. The van der Waals surface area contributed by atoms with E-state index in [4.69, 9.17) is 25.2 Å². The highest BCUT2D eigenvalue weighted by molar-refractivity contribution is 7.66. The van der Waals surface area contributed by atoms with E-state index in [2.05, 4.69) is 28.1 Å². The molecule has 1 saturated heterocycles. The number of ether oxygens (including phenoxy) is 1. The molecule has 0 spiro atoms. The van der Waals surface area contributed by atoms with Gasteiger partial charge in [-0.1, -0.05) is 0 Å². The van der Waals surface area contributed by atoms with Crippen LogP contribution < -0.4 is 11.3 Å². The maximum absolute atomic E-state index is 11.9. The van der Waals surface area contributed by atoms with E-state index in [0.29, 0.717) is 0 Å². The van der Waals surface area contributed by atoms with E-state index in [1.807, 2.05) is 0 Å². The molecule has 0 aromatic carbocycles. The number of nitrogens with zero attached hydrogens (tertiary/aromatic N) is 3. The van der Waals surface area contributed by atoms with Crippen molar-refractivity contribution < 1.29 is 61.4 Å². The summed E-state index contributed by atoms with van der Waals surface area (Å²) in [6.45, 7) is -1.01. The molecule has 32 heavy (non-hydrogen) atoms. The predicted octanol–water partition coefficient (Wildman–Crippen LogP) is -2.34. The second-order valence-electron chi connectivity index (χ2n) is 6.21. The second kappa shape index (κ2) is 8.66. The molecule has 0 radical (unpaired) electrons. The number of hydrogen-bond acceptors (Lipinski definition) is 13. The summed E-state index contributed by atoms with van der Waals surface area (Å²) in [4.78, 5) is 57.3. The van der Waals surface area contributed by atoms with Crippen LogP contribution >= 0.6 is 23.5 Å². The fraction of sp³-hybridized carbons (Fsp3) is 0.500. The SMILES string of the molecule is Nc1nc2c(ncn2[C@@H]2O[C@H](COP(=O)(O)OP(=O)(O)OP(=O)(O)O)C(O)[C@@H]2O)c(=O)[nH]1. The van der Waals surface area contributed by atoms with Gasteiger partial charge in [-0.25, -0.2) is 18.7 Å². The van der Waals surface area contributed by atoms with Crippen LogP contribution in [0, 0.1) is 0 Å². The molecular weight excluding hydrogens is 507 g/mol. The van der Waals surface area contributed by atoms with Gasteiger partial charge in [0.25, 0.3) is 5.56 Å². The summed E-state index contributed by atoms with van der Waals surface area (Å²) < 4.78 is 51.6. The Morgan fingerprint density at radius 1 is 1.12 bits per heavy atom. The average Bonchev–Trinajstić information content (AvgIpc) is 3.12. The summed E-state index contributed by atoms with van der Waals surface area (Å²) >= 11 is 0. The fourth-order valence-electron chi connectivity index (χ4n) is 2.70. The molecule has 2 aromatic rings. The molecule has 6 atom stereocenters. The largest absolute Gasteiger partial charge is 0.490 e. The highest BCUT2D eigenvalue weighted by atomic mass is 31.3. The van der Waals surface area contributed by atoms with Gasteiger partial charge in [0.1, 0.15) is 18.3 Å². The lowest BCUT2D eigenvalue weighted by Crippen LogP contribution is -2.33.